The van der Waals surface area contributed by atoms with Crippen molar-refractivity contribution in [1.82, 2.24) is 15.1 Å². The minimum absolute atomic E-state index is 0.239. The van der Waals surface area contributed by atoms with Gasteiger partial charge >= 0.3 is 6.18 Å². The molecule has 1 heterocycles. The third-order valence-electron chi connectivity index (χ3n) is 5.27. The molecular weight excluding hydrogens is 395 g/mol. The van der Waals surface area contributed by atoms with E-state index in [1.807, 2.05) is 6.92 Å². The molecule has 8 heteroatoms. The average molecular weight is 419 g/mol. The summed E-state index contributed by atoms with van der Waals surface area (Å²) in [5, 5.41) is 7.63. The van der Waals surface area contributed by atoms with Gasteiger partial charge in [-0.3, -0.25) is 9.89 Å². The summed E-state index contributed by atoms with van der Waals surface area (Å²) in [5.41, 5.74) is 0.595. The van der Waals surface area contributed by atoms with Crippen LogP contribution in [-0.2, 0) is 6.18 Å². The molecule has 30 heavy (non-hydrogen) atoms. The molecule has 1 amide bonds. The molecular formula is C22H24F3N3O2. The summed E-state index contributed by atoms with van der Waals surface area (Å²) in [4.78, 5) is 14.6. The number of hydrogen-bond acceptors (Lipinski definition) is 3. The van der Waals surface area contributed by atoms with Gasteiger partial charge in [0.15, 0.2) is 5.69 Å². The SMILES string of the molecule is CCN(CCC(C)c1ccccc1C(F)(F)F)C(=O)c1n[nH]c2ccc(OC)cc12. The minimum atomic E-state index is -4.40. The van der Waals surface area contributed by atoms with Crippen LogP contribution in [0.3, 0.4) is 0 Å². The van der Waals surface area contributed by atoms with Crippen molar-refractivity contribution in [2.24, 2.45) is 0 Å². The number of alkyl halides is 3. The molecule has 0 aliphatic heterocycles. The predicted octanol–water partition coefficient (Wildman–Crippen LogP) is 5.25. The van der Waals surface area contributed by atoms with Crippen molar-refractivity contribution < 1.29 is 22.7 Å². The second kappa shape index (κ2) is 8.77. The van der Waals surface area contributed by atoms with E-state index in [-0.39, 0.29) is 23.1 Å². The van der Waals surface area contributed by atoms with Crippen molar-refractivity contribution in [3.05, 3.63) is 59.3 Å². The standard InChI is InChI=1S/C22H24F3N3O2/c1-4-28(12-11-14(2)16-7-5-6-8-18(16)22(23,24)25)21(29)20-17-13-15(30-3)9-10-19(17)26-27-20/h5-10,13-14H,4,11-12H2,1-3H3,(H,26,27). The Morgan fingerprint density at radius 3 is 2.63 bits per heavy atom. The van der Waals surface area contributed by atoms with Crippen LogP contribution in [0.25, 0.3) is 10.9 Å². The van der Waals surface area contributed by atoms with Crippen molar-refractivity contribution in [3.8, 4) is 5.75 Å². The number of aromatic nitrogens is 2. The molecule has 0 aliphatic carbocycles. The van der Waals surface area contributed by atoms with Crippen molar-refractivity contribution >= 4 is 16.8 Å². The second-order valence-electron chi connectivity index (χ2n) is 7.14. The molecule has 3 rings (SSSR count). The van der Waals surface area contributed by atoms with Gasteiger partial charge in [0.25, 0.3) is 5.91 Å². The number of carbonyl (C=O) groups is 1. The highest BCUT2D eigenvalue weighted by molar-refractivity contribution is 6.05. The summed E-state index contributed by atoms with van der Waals surface area (Å²) in [5.74, 6) is -0.0209. The van der Waals surface area contributed by atoms with E-state index in [0.717, 1.165) is 6.07 Å². The number of rotatable bonds is 7. The summed E-state index contributed by atoms with van der Waals surface area (Å²) in [7, 11) is 1.54. The molecule has 1 N–H and O–H groups in total. The molecule has 1 aromatic heterocycles. The fraction of sp³-hybridized carbons (Fsp3) is 0.364. The van der Waals surface area contributed by atoms with Gasteiger partial charge in [-0.1, -0.05) is 25.1 Å². The van der Waals surface area contributed by atoms with Crippen LogP contribution in [0.1, 0.15) is 47.8 Å². The molecule has 0 fully saturated rings. The van der Waals surface area contributed by atoms with Gasteiger partial charge in [0.2, 0.25) is 0 Å². The number of benzene rings is 2. The largest absolute Gasteiger partial charge is 0.497 e. The molecule has 3 aromatic rings. The molecule has 160 valence electrons. The van der Waals surface area contributed by atoms with E-state index in [4.69, 9.17) is 4.74 Å². The number of nitrogens with one attached hydrogen (secondary N) is 1. The fourth-order valence-corrected chi connectivity index (χ4v) is 3.53. The Labute approximate surface area is 172 Å². The van der Waals surface area contributed by atoms with Gasteiger partial charge in [-0.05, 0) is 49.1 Å². The summed E-state index contributed by atoms with van der Waals surface area (Å²) < 4.78 is 45.2. The number of amides is 1. The summed E-state index contributed by atoms with van der Waals surface area (Å²) >= 11 is 0. The van der Waals surface area contributed by atoms with Crippen LogP contribution in [0.2, 0.25) is 0 Å². The van der Waals surface area contributed by atoms with Crippen LogP contribution >= 0.6 is 0 Å². The van der Waals surface area contributed by atoms with Gasteiger partial charge in [0.05, 0.1) is 18.2 Å². The zero-order valence-electron chi connectivity index (χ0n) is 17.1. The molecule has 5 nitrogen and oxygen atoms in total. The molecule has 0 spiro atoms. The number of nitrogens with zero attached hydrogens (tertiary/aromatic N) is 2. The summed E-state index contributed by atoms with van der Waals surface area (Å²) in [6, 6.07) is 10.9. The van der Waals surface area contributed by atoms with Gasteiger partial charge in [-0.25, -0.2) is 0 Å². The minimum Gasteiger partial charge on any atom is -0.497 e. The predicted molar refractivity (Wildman–Crippen MR) is 109 cm³/mol. The van der Waals surface area contributed by atoms with E-state index < -0.39 is 11.7 Å². The third-order valence-corrected chi connectivity index (χ3v) is 5.27. The lowest BCUT2D eigenvalue weighted by atomic mass is 9.92. The number of aromatic amines is 1. The lowest BCUT2D eigenvalue weighted by molar-refractivity contribution is -0.138. The monoisotopic (exact) mass is 419 g/mol. The maximum atomic E-state index is 13.3. The zero-order chi connectivity index (χ0) is 21.9. The maximum absolute atomic E-state index is 13.3. The van der Waals surface area contributed by atoms with Gasteiger partial charge in [0, 0.05) is 18.5 Å². The Bertz CT molecular complexity index is 1030. The van der Waals surface area contributed by atoms with E-state index in [1.165, 1.54) is 12.1 Å². The Morgan fingerprint density at radius 2 is 1.97 bits per heavy atom. The Hall–Kier alpha value is -3.03. The fourth-order valence-electron chi connectivity index (χ4n) is 3.53. The van der Waals surface area contributed by atoms with Gasteiger partial charge < -0.3 is 9.64 Å². The van der Waals surface area contributed by atoms with Crippen LogP contribution in [0, 0.1) is 0 Å². The quantitative estimate of drug-likeness (QED) is 0.569. The lowest BCUT2D eigenvalue weighted by Crippen LogP contribution is -2.33. The molecule has 0 bridgehead atoms. The number of hydrogen-bond donors (Lipinski definition) is 1. The molecule has 2 aromatic carbocycles. The average Bonchev–Trinajstić information content (AvgIpc) is 3.16. The number of H-pyrrole nitrogens is 1. The highest BCUT2D eigenvalue weighted by atomic mass is 19.4. The van der Waals surface area contributed by atoms with Crippen molar-refractivity contribution in [1.29, 1.82) is 0 Å². The molecule has 0 aliphatic rings. The first-order chi connectivity index (χ1) is 14.3. The molecule has 1 atom stereocenters. The second-order valence-corrected chi connectivity index (χ2v) is 7.14. The molecule has 1 unspecified atom stereocenters. The molecule has 0 saturated heterocycles. The van der Waals surface area contributed by atoms with Crippen LogP contribution in [0.5, 0.6) is 5.75 Å². The third kappa shape index (κ3) is 4.42. The van der Waals surface area contributed by atoms with E-state index in [1.54, 1.807) is 43.2 Å². The van der Waals surface area contributed by atoms with E-state index in [0.29, 0.717) is 36.2 Å². The number of carbonyl (C=O) groups excluding carboxylic acids is 1. The number of fused-ring (bicyclic) bond motifs is 1. The summed E-state index contributed by atoms with van der Waals surface area (Å²) in [6.07, 6.45) is -4.00. The smallest absolute Gasteiger partial charge is 0.416 e. The van der Waals surface area contributed by atoms with Crippen molar-refractivity contribution in [2.75, 3.05) is 20.2 Å². The lowest BCUT2D eigenvalue weighted by Gasteiger charge is -2.24. The Morgan fingerprint density at radius 1 is 1.23 bits per heavy atom. The first kappa shape index (κ1) is 21.7. The maximum Gasteiger partial charge on any atom is 0.416 e. The number of methoxy groups -OCH3 is 1. The van der Waals surface area contributed by atoms with Gasteiger partial charge in [-0.15, -0.1) is 0 Å². The first-order valence-corrected chi connectivity index (χ1v) is 9.73. The van der Waals surface area contributed by atoms with E-state index >= 15 is 0 Å². The van der Waals surface area contributed by atoms with Gasteiger partial charge in [0.1, 0.15) is 5.75 Å². The van der Waals surface area contributed by atoms with E-state index in [2.05, 4.69) is 10.2 Å². The number of ether oxygens (including phenoxy) is 1. The molecule has 0 radical (unpaired) electrons. The Kier molecular flexibility index (Phi) is 6.34. The van der Waals surface area contributed by atoms with Crippen molar-refractivity contribution in [2.45, 2.75) is 32.4 Å². The zero-order valence-corrected chi connectivity index (χ0v) is 17.1. The van der Waals surface area contributed by atoms with Gasteiger partial charge in [-0.2, -0.15) is 18.3 Å². The topological polar surface area (TPSA) is 58.2 Å². The summed E-state index contributed by atoms with van der Waals surface area (Å²) in [6.45, 7) is 4.32. The highest BCUT2D eigenvalue weighted by Gasteiger charge is 2.34. The Balaban J connectivity index is 1.77. The molecule has 0 saturated carbocycles. The van der Waals surface area contributed by atoms with Crippen LogP contribution < -0.4 is 4.74 Å². The van der Waals surface area contributed by atoms with Crippen molar-refractivity contribution in [3.63, 3.8) is 0 Å². The normalized spacial score (nSPS) is 12.7. The van der Waals surface area contributed by atoms with Crippen LogP contribution in [0.15, 0.2) is 42.5 Å². The highest BCUT2D eigenvalue weighted by Crippen LogP contribution is 2.36. The number of halogens is 3. The first-order valence-electron chi connectivity index (χ1n) is 9.73. The van der Waals surface area contributed by atoms with Crippen LogP contribution in [-0.4, -0.2) is 41.2 Å². The van der Waals surface area contributed by atoms with E-state index in [9.17, 15) is 18.0 Å². The van der Waals surface area contributed by atoms with Crippen LogP contribution in [0.4, 0.5) is 13.2 Å².